The molecule has 2 heterocycles. The molecule has 19 heavy (non-hydrogen) atoms. The van der Waals surface area contributed by atoms with Gasteiger partial charge in [0.2, 0.25) is 0 Å². The van der Waals surface area contributed by atoms with E-state index in [1.54, 1.807) is 12.4 Å². The Labute approximate surface area is 112 Å². The first-order chi connectivity index (χ1) is 9.33. The van der Waals surface area contributed by atoms with E-state index in [0.717, 1.165) is 29.7 Å². The van der Waals surface area contributed by atoms with Crippen LogP contribution < -0.4 is 5.73 Å². The zero-order valence-corrected chi connectivity index (χ0v) is 10.6. The van der Waals surface area contributed by atoms with Crippen LogP contribution in [0.25, 0.3) is 16.8 Å². The zero-order chi connectivity index (χ0) is 13.1. The summed E-state index contributed by atoms with van der Waals surface area (Å²) in [6.07, 6.45) is 12.3. The summed E-state index contributed by atoms with van der Waals surface area (Å²) in [5.41, 5.74) is 10.2. The van der Waals surface area contributed by atoms with Gasteiger partial charge in [-0.15, -0.1) is 0 Å². The molecular weight excluding hydrogens is 234 g/mol. The van der Waals surface area contributed by atoms with E-state index in [1.165, 1.54) is 5.57 Å². The lowest BCUT2D eigenvalue weighted by molar-refractivity contribution is 1.04. The minimum atomic E-state index is 0.546. The minimum Gasteiger partial charge on any atom is -0.384 e. The molecule has 0 aliphatic heterocycles. The van der Waals surface area contributed by atoms with Crippen LogP contribution in [0.5, 0.6) is 0 Å². The fourth-order valence-corrected chi connectivity index (χ4v) is 2.22. The summed E-state index contributed by atoms with van der Waals surface area (Å²) in [6.45, 7) is 0. The molecule has 0 aromatic carbocycles. The maximum Gasteiger partial charge on any atom is 0.124 e. The van der Waals surface area contributed by atoms with Crippen LogP contribution in [0.15, 0.2) is 54.9 Å². The zero-order valence-electron chi connectivity index (χ0n) is 10.6. The largest absolute Gasteiger partial charge is 0.384 e. The Morgan fingerprint density at radius 2 is 1.84 bits per heavy atom. The van der Waals surface area contributed by atoms with Crippen molar-refractivity contribution in [2.24, 2.45) is 0 Å². The van der Waals surface area contributed by atoms with Gasteiger partial charge >= 0.3 is 0 Å². The molecule has 0 amide bonds. The third-order valence-electron chi connectivity index (χ3n) is 3.15. The van der Waals surface area contributed by atoms with Crippen LogP contribution in [0, 0.1) is 0 Å². The van der Waals surface area contributed by atoms with Crippen molar-refractivity contribution in [3.63, 3.8) is 0 Å². The molecule has 3 rings (SSSR count). The third kappa shape index (κ3) is 2.55. The maximum atomic E-state index is 5.93. The van der Waals surface area contributed by atoms with E-state index in [-0.39, 0.29) is 0 Å². The van der Waals surface area contributed by atoms with Crippen LogP contribution in [-0.2, 0) is 0 Å². The molecule has 0 spiro atoms. The molecule has 0 atom stereocenters. The number of nitrogens with two attached hydrogens (primary N) is 1. The summed E-state index contributed by atoms with van der Waals surface area (Å²) in [6, 6.07) is 7.88. The van der Waals surface area contributed by atoms with Crippen LogP contribution in [0.2, 0.25) is 0 Å². The molecule has 2 aromatic rings. The number of allylic oxidation sites excluding steroid dienone is 4. The van der Waals surface area contributed by atoms with Gasteiger partial charge in [-0.25, -0.2) is 4.98 Å². The number of hydrogen-bond acceptors (Lipinski definition) is 3. The molecular formula is C16H15N3. The van der Waals surface area contributed by atoms with Crippen LogP contribution in [0.1, 0.15) is 18.4 Å². The van der Waals surface area contributed by atoms with Crippen molar-refractivity contribution in [3.8, 4) is 11.3 Å². The lowest BCUT2D eigenvalue weighted by Gasteiger charge is -2.10. The Morgan fingerprint density at radius 3 is 2.58 bits per heavy atom. The van der Waals surface area contributed by atoms with Gasteiger partial charge in [-0.2, -0.15) is 0 Å². The van der Waals surface area contributed by atoms with E-state index in [0.29, 0.717) is 5.82 Å². The average molecular weight is 249 g/mol. The molecule has 0 fully saturated rings. The molecule has 3 nitrogen and oxygen atoms in total. The van der Waals surface area contributed by atoms with Gasteiger partial charge in [-0.05, 0) is 48.2 Å². The lowest BCUT2D eigenvalue weighted by Crippen LogP contribution is -1.96. The van der Waals surface area contributed by atoms with Crippen molar-refractivity contribution in [2.45, 2.75) is 12.8 Å². The normalized spacial score (nSPS) is 14.2. The second kappa shape index (κ2) is 5.06. The van der Waals surface area contributed by atoms with Gasteiger partial charge in [-0.1, -0.05) is 18.2 Å². The average Bonchev–Trinajstić information content (AvgIpc) is 2.48. The number of hydrogen-bond donors (Lipinski definition) is 1. The quantitative estimate of drug-likeness (QED) is 0.886. The van der Waals surface area contributed by atoms with Crippen LogP contribution in [0.3, 0.4) is 0 Å². The Morgan fingerprint density at radius 1 is 1.00 bits per heavy atom. The van der Waals surface area contributed by atoms with Crippen molar-refractivity contribution in [3.05, 3.63) is 60.5 Å². The molecule has 0 radical (unpaired) electrons. The smallest absolute Gasteiger partial charge is 0.124 e. The van der Waals surface area contributed by atoms with Crippen LogP contribution in [0.4, 0.5) is 5.82 Å². The second-order valence-electron chi connectivity index (χ2n) is 4.54. The lowest BCUT2D eigenvalue weighted by atomic mass is 9.98. The van der Waals surface area contributed by atoms with E-state index in [9.17, 15) is 0 Å². The summed E-state index contributed by atoms with van der Waals surface area (Å²) in [5, 5.41) is 0. The van der Waals surface area contributed by atoms with Crippen molar-refractivity contribution < 1.29 is 0 Å². The summed E-state index contributed by atoms with van der Waals surface area (Å²) < 4.78 is 0. The Hall–Kier alpha value is -2.42. The SMILES string of the molecule is Nc1cc(C2=CCCC=C2)cc(-c2ccncc2)n1. The number of anilines is 1. The van der Waals surface area contributed by atoms with Crippen molar-refractivity contribution >= 4 is 11.4 Å². The first kappa shape index (κ1) is 11.7. The van der Waals surface area contributed by atoms with Gasteiger partial charge in [-0.3, -0.25) is 4.98 Å². The first-order valence-corrected chi connectivity index (χ1v) is 6.38. The van der Waals surface area contributed by atoms with E-state index < -0.39 is 0 Å². The predicted octanol–water partition coefficient (Wildman–Crippen LogP) is 3.46. The van der Waals surface area contributed by atoms with Gasteiger partial charge in [0.05, 0.1) is 5.69 Å². The third-order valence-corrected chi connectivity index (χ3v) is 3.15. The number of aromatic nitrogens is 2. The summed E-state index contributed by atoms with van der Waals surface area (Å²) in [7, 11) is 0. The number of rotatable bonds is 2. The van der Waals surface area contributed by atoms with Gasteiger partial charge in [0.1, 0.15) is 5.82 Å². The second-order valence-corrected chi connectivity index (χ2v) is 4.54. The fraction of sp³-hybridized carbons (Fsp3) is 0.125. The molecule has 1 aliphatic carbocycles. The molecule has 0 saturated carbocycles. The molecule has 0 saturated heterocycles. The van der Waals surface area contributed by atoms with Gasteiger partial charge in [0, 0.05) is 18.0 Å². The van der Waals surface area contributed by atoms with Crippen LogP contribution in [-0.4, -0.2) is 9.97 Å². The molecule has 1 aliphatic rings. The highest BCUT2D eigenvalue weighted by molar-refractivity contribution is 5.78. The standard InChI is InChI=1S/C16H15N3/c17-16-11-14(12-4-2-1-3-5-12)10-15(19-16)13-6-8-18-9-7-13/h2,4-11H,1,3H2,(H2,17,19). The topological polar surface area (TPSA) is 51.8 Å². The molecule has 3 heteroatoms. The summed E-state index contributed by atoms with van der Waals surface area (Å²) in [4.78, 5) is 8.42. The fourth-order valence-electron chi connectivity index (χ4n) is 2.22. The summed E-state index contributed by atoms with van der Waals surface area (Å²) >= 11 is 0. The Kier molecular flexibility index (Phi) is 3.11. The number of nitrogens with zero attached hydrogens (tertiary/aromatic N) is 2. The van der Waals surface area contributed by atoms with Crippen molar-refractivity contribution in [1.29, 1.82) is 0 Å². The number of nitrogen functional groups attached to an aromatic ring is 1. The molecule has 0 unspecified atom stereocenters. The molecule has 2 N–H and O–H groups in total. The van der Waals surface area contributed by atoms with Crippen molar-refractivity contribution in [2.75, 3.05) is 5.73 Å². The summed E-state index contributed by atoms with van der Waals surface area (Å²) in [5.74, 6) is 0.546. The van der Waals surface area contributed by atoms with Crippen LogP contribution >= 0.6 is 0 Å². The van der Waals surface area contributed by atoms with E-state index in [2.05, 4.69) is 34.3 Å². The van der Waals surface area contributed by atoms with E-state index in [1.807, 2.05) is 18.2 Å². The highest BCUT2D eigenvalue weighted by Gasteiger charge is 2.07. The molecule has 0 bridgehead atoms. The van der Waals surface area contributed by atoms with Gasteiger partial charge in [0.25, 0.3) is 0 Å². The highest BCUT2D eigenvalue weighted by Crippen LogP contribution is 2.26. The monoisotopic (exact) mass is 249 g/mol. The Balaban J connectivity index is 2.06. The maximum absolute atomic E-state index is 5.93. The molecule has 2 aromatic heterocycles. The Bertz CT molecular complexity index is 642. The van der Waals surface area contributed by atoms with Gasteiger partial charge < -0.3 is 5.73 Å². The molecule has 94 valence electrons. The van der Waals surface area contributed by atoms with Crippen molar-refractivity contribution in [1.82, 2.24) is 9.97 Å². The van der Waals surface area contributed by atoms with Gasteiger partial charge in [0.15, 0.2) is 0 Å². The first-order valence-electron chi connectivity index (χ1n) is 6.38. The minimum absolute atomic E-state index is 0.546. The van der Waals surface area contributed by atoms with E-state index >= 15 is 0 Å². The predicted molar refractivity (Wildman–Crippen MR) is 78.2 cm³/mol. The number of pyridine rings is 2. The van der Waals surface area contributed by atoms with E-state index in [4.69, 9.17) is 5.73 Å². The highest BCUT2D eigenvalue weighted by atomic mass is 14.8.